The molecule has 3 heterocycles. The number of nitrogens with zero attached hydrogens (tertiary/aromatic N) is 4. The number of hydrogen-bond donors (Lipinski definition) is 1. The lowest BCUT2D eigenvalue weighted by molar-refractivity contribution is 0.460. The molecular formula is C22H17F2N5O2. The van der Waals surface area contributed by atoms with Gasteiger partial charge in [-0.25, -0.2) is 13.5 Å². The molecule has 0 saturated heterocycles. The summed E-state index contributed by atoms with van der Waals surface area (Å²) in [7, 11) is 3.28. The summed E-state index contributed by atoms with van der Waals surface area (Å²) in [5.41, 5.74) is 1.88. The maximum atomic E-state index is 14.4. The minimum atomic E-state index is -0.775. The van der Waals surface area contributed by atoms with Crippen LogP contribution in [0.4, 0.5) is 14.6 Å². The molecule has 0 amide bonds. The Labute approximate surface area is 174 Å². The summed E-state index contributed by atoms with van der Waals surface area (Å²) in [4.78, 5) is 13.4. The predicted molar refractivity (Wildman–Crippen MR) is 114 cm³/mol. The van der Waals surface area contributed by atoms with Crippen LogP contribution in [0.5, 0.6) is 0 Å². The molecule has 1 N–H and O–H groups in total. The lowest BCUT2D eigenvalue weighted by Gasteiger charge is -2.12. The molecule has 0 radical (unpaired) electrons. The molecule has 0 aliphatic carbocycles. The van der Waals surface area contributed by atoms with Crippen LogP contribution in [0, 0.1) is 18.6 Å². The van der Waals surface area contributed by atoms with Gasteiger partial charge in [-0.2, -0.15) is 5.10 Å². The first-order chi connectivity index (χ1) is 14.9. The maximum Gasteiger partial charge on any atom is 0.259 e. The molecule has 0 saturated carbocycles. The number of halogens is 2. The highest BCUT2D eigenvalue weighted by Crippen LogP contribution is 2.35. The average molecular weight is 421 g/mol. The Hall–Kier alpha value is -4.01. The summed E-state index contributed by atoms with van der Waals surface area (Å²) in [6.45, 7) is 1.87. The van der Waals surface area contributed by atoms with Gasteiger partial charge in [0.1, 0.15) is 11.3 Å². The Kier molecular flexibility index (Phi) is 4.14. The smallest absolute Gasteiger partial charge is 0.259 e. The highest BCUT2D eigenvalue weighted by molar-refractivity contribution is 6.00. The third-order valence-corrected chi connectivity index (χ3v) is 5.43. The number of hydrogen-bond acceptors (Lipinski definition) is 5. The van der Waals surface area contributed by atoms with E-state index in [1.807, 2.05) is 19.1 Å². The van der Waals surface area contributed by atoms with Gasteiger partial charge in [0.25, 0.3) is 5.56 Å². The van der Waals surface area contributed by atoms with Crippen molar-refractivity contribution in [2.45, 2.75) is 6.92 Å². The Balaban J connectivity index is 1.83. The van der Waals surface area contributed by atoms with E-state index in [0.29, 0.717) is 27.9 Å². The second kappa shape index (κ2) is 6.76. The largest absolute Gasteiger partial charge is 0.370 e. The summed E-state index contributed by atoms with van der Waals surface area (Å²) < 4.78 is 36.7. The zero-order valence-corrected chi connectivity index (χ0v) is 16.9. The fourth-order valence-electron chi connectivity index (χ4n) is 3.94. The van der Waals surface area contributed by atoms with Crippen molar-refractivity contribution < 1.29 is 13.3 Å². The average Bonchev–Trinajstić information content (AvgIpc) is 3.35. The number of para-hydroxylation sites is 1. The van der Waals surface area contributed by atoms with Crippen molar-refractivity contribution in [3.8, 4) is 16.8 Å². The Bertz CT molecular complexity index is 1530. The first-order valence-electron chi connectivity index (χ1n) is 9.51. The molecule has 31 heavy (non-hydrogen) atoms. The fourth-order valence-corrected chi connectivity index (χ4v) is 3.94. The topological polar surface area (TPSA) is 77.9 Å². The van der Waals surface area contributed by atoms with Crippen LogP contribution in [-0.2, 0) is 7.05 Å². The Morgan fingerprint density at radius 2 is 1.87 bits per heavy atom. The molecule has 156 valence electrons. The van der Waals surface area contributed by atoms with Gasteiger partial charge in [-0.1, -0.05) is 17.3 Å². The third-order valence-electron chi connectivity index (χ3n) is 5.43. The Morgan fingerprint density at radius 3 is 2.58 bits per heavy atom. The van der Waals surface area contributed by atoms with Gasteiger partial charge in [0.05, 0.1) is 17.1 Å². The normalized spacial score (nSPS) is 11.5. The molecule has 5 aromatic rings. The Morgan fingerprint density at radius 1 is 1.13 bits per heavy atom. The number of pyridine rings is 1. The fraction of sp³-hybridized carbons (Fsp3) is 0.136. The van der Waals surface area contributed by atoms with Crippen LogP contribution in [-0.4, -0.2) is 26.6 Å². The quantitative estimate of drug-likeness (QED) is 0.473. The summed E-state index contributed by atoms with van der Waals surface area (Å²) in [5.74, 6) is -0.983. The SMILES string of the molecule is CNc1noc2c(-c3cc4cnn(-c5c(F)cccc5F)c4n(C)c3=O)c(C)ccc12. The van der Waals surface area contributed by atoms with Crippen molar-refractivity contribution in [2.75, 3.05) is 12.4 Å². The van der Waals surface area contributed by atoms with Crippen LogP contribution in [0.3, 0.4) is 0 Å². The summed E-state index contributed by atoms with van der Waals surface area (Å²) in [6.07, 6.45) is 1.47. The number of anilines is 1. The van der Waals surface area contributed by atoms with E-state index in [0.717, 1.165) is 27.8 Å². The van der Waals surface area contributed by atoms with E-state index < -0.39 is 11.6 Å². The van der Waals surface area contributed by atoms with Gasteiger partial charge in [-0.3, -0.25) is 9.36 Å². The number of benzene rings is 2. The predicted octanol–water partition coefficient (Wildman–Crippen LogP) is 4.16. The first kappa shape index (κ1) is 19.0. The number of rotatable bonds is 3. The molecule has 3 aromatic heterocycles. The second-order valence-corrected chi connectivity index (χ2v) is 7.24. The van der Waals surface area contributed by atoms with Crippen molar-refractivity contribution in [1.29, 1.82) is 0 Å². The second-order valence-electron chi connectivity index (χ2n) is 7.24. The minimum Gasteiger partial charge on any atom is -0.370 e. The van der Waals surface area contributed by atoms with Crippen LogP contribution in [0.2, 0.25) is 0 Å². The molecule has 0 unspecified atom stereocenters. The number of aromatic nitrogens is 4. The molecule has 0 aliphatic heterocycles. The first-order valence-corrected chi connectivity index (χ1v) is 9.51. The third kappa shape index (κ3) is 2.66. The van der Waals surface area contributed by atoms with Crippen LogP contribution in [0.15, 0.2) is 51.9 Å². The van der Waals surface area contributed by atoms with Crippen LogP contribution in [0.1, 0.15) is 5.56 Å². The summed E-state index contributed by atoms with van der Waals surface area (Å²) in [6, 6.07) is 8.98. The molecule has 0 atom stereocenters. The van der Waals surface area contributed by atoms with Gasteiger partial charge in [0.2, 0.25) is 0 Å². The van der Waals surface area contributed by atoms with Crippen LogP contribution >= 0.6 is 0 Å². The van der Waals surface area contributed by atoms with Crippen molar-refractivity contribution in [1.82, 2.24) is 19.5 Å². The van der Waals surface area contributed by atoms with Gasteiger partial charge in [0, 0.05) is 25.0 Å². The van der Waals surface area contributed by atoms with E-state index in [1.165, 1.54) is 16.8 Å². The van der Waals surface area contributed by atoms with Gasteiger partial charge >= 0.3 is 0 Å². The van der Waals surface area contributed by atoms with Gasteiger partial charge in [-0.15, -0.1) is 0 Å². The molecule has 2 aromatic carbocycles. The zero-order valence-electron chi connectivity index (χ0n) is 16.9. The van der Waals surface area contributed by atoms with E-state index in [1.54, 1.807) is 20.2 Å². The van der Waals surface area contributed by atoms with Crippen molar-refractivity contribution in [2.24, 2.45) is 7.05 Å². The number of nitrogens with one attached hydrogen (secondary N) is 1. The van der Waals surface area contributed by atoms with Crippen molar-refractivity contribution in [3.05, 3.63) is 70.1 Å². The summed E-state index contributed by atoms with van der Waals surface area (Å²) >= 11 is 0. The number of aryl methyl sites for hydroxylation is 2. The molecule has 9 heteroatoms. The standard InChI is InChI=1S/C22H17F2N5O2/c1-11-7-8-13-19(31-27-20(13)25-2)17(11)14-9-12-10-26-29(21(12)28(3)22(14)30)18-15(23)5-4-6-16(18)24/h4-10H,1-3H3,(H,25,27). The van der Waals surface area contributed by atoms with E-state index >= 15 is 0 Å². The van der Waals surface area contributed by atoms with E-state index in [4.69, 9.17) is 4.52 Å². The van der Waals surface area contributed by atoms with E-state index in [9.17, 15) is 13.6 Å². The lowest BCUT2D eigenvalue weighted by Crippen LogP contribution is -2.21. The minimum absolute atomic E-state index is 0.274. The highest BCUT2D eigenvalue weighted by Gasteiger charge is 2.22. The molecule has 0 bridgehead atoms. The van der Waals surface area contributed by atoms with Crippen molar-refractivity contribution >= 4 is 27.8 Å². The van der Waals surface area contributed by atoms with E-state index in [2.05, 4.69) is 15.6 Å². The zero-order chi connectivity index (χ0) is 21.9. The molecule has 0 aliphatic rings. The van der Waals surface area contributed by atoms with Crippen LogP contribution < -0.4 is 10.9 Å². The van der Waals surface area contributed by atoms with Crippen LogP contribution in [0.25, 0.3) is 38.8 Å². The molecule has 0 fully saturated rings. The highest BCUT2D eigenvalue weighted by atomic mass is 19.1. The van der Waals surface area contributed by atoms with Gasteiger partial charge in [-0.05, 0) is 36.8 Å². The summed E-state index contributed by atoms with van der Waals surface area (Å²) in [5, 5.41) is 12.4. The van der Waals surface area contributed by atoms with Gasteiger partial charge in [0.15, 0.2) is 23.0 Å². The molecule has 0 spiro atoms. The molecule has 7 nitrogen and oxygen atoms in total. The molecule has 5 rings (SSSR count). The number of fused-ring (bicyclic) bond motifs is 2. The van der Waals surface area contributed by atoms with Gasteiger partial charge < -0.3 is 9.84 Å². The van der Waals surface area contributed by atoms with Crippen molar-refractivity contribution in [3.63, 3.8) is 0 Å². The lowest BCUT2D eigenvalue weighted by atomic mass is 9.98. The van der Waals surface area contributed by atoms with E-state index in [-0.39, 0.29) is 16.9 Å². The molecular weight excluding hydrogens is 404 g/mol. The monoisotopic (exact) mass is 421 g/mol. The maximum absolute atomic E-state index is 14.4.